The van der Waals surface area contributed by atoms with Crippen molar-refractivity contribution in [3.8, 4) is 0 Å². The fourth-order valence-corrected chi connectivity index (χ4v) is 20.7. The van der Waals surface area contributed by atoms with Crippen LogP contribution in [0.2, 0.25) is 0 Å². The third-order valence-corrected chi connectivity index (χ3v) is 22.6. The summed E-state index contributed by atoms with van der Waals surface area (Å²) in [4.78, 5) is 0. The molecule has 62 valence electrons. The van der Waals surface area contributed by atoms with Crippen LogP contribution in [0, 0.1) is 0 Å². The number of hydrogen-bond acceptors (Lipinski definition) is 4. The van der Waals surface area contributed by atoms with Gasteiger partial charge in [-0.25, -0.2) is 0 Å². The SMILES string of the molecule is OC1COI2[C@H](O)COI12. The van der Waals surface area contributed by atoms with Crippen molar-refractivity contribution in [3.05, 3.63) is 0 Å². The van der Waals surface area contributed by atoms with Crippen LogP contribution in [0.25, 0.3) is 0 Å². The van der Waals surface area contributed by atoms with Gasteiger partial charge in [-0.3, -0.25) is 0 Å². The fourth-order valence-electron chi connectivity index (χ4n) is 0.738. The van der Waals surface area contributed by atoms with Gasteiger partial charge in [-0.2, -0.15) is 0 Å². The first kappa shape index (κ1) is 7.92. The summed E-state index contributed by atoms with van der Waals surface area (Å²) in [6, 6.07) is 0. The van der Waals surface area contributed by atoms with Gasteiger partial charge in [0.05, 0.1) is 0 Å². The Hall–Kier alpha value is 1.30. The summed E-state index contributed by atoms with van der Waals surface area (Å²) >= 11 is -3.25. The van der Waals surface area contributed by atoms with E-state index < -0.39 is 32.5 Å². The van der Waals surface area contributed by atoms with Crippen LogP contribution in [0.4, 0.5) is 0 Å². The van der Waals surface area contributed by atoms with Crippen LogP contribution in [0.1, 0.15) is 0 Å². The van der Waals surface area contributed by atoms with Gasteiger partial charge in [-0.05, 0) is 0 Å². The van der Waals surface area contributed by atoms with Crippen molar-refractivity contribution in [1.29, 1.82) is 0 Å². The van der Waals surface area contributed by atoms with E-state index in [4.69, 9.17) is 6.13 Å². The van der Waals surface area contributed by atoms with E-state index in [1.807, 2.05) is 0 Å². The molecule has 0 aliphatic carbocycles. The van der Waals surface area contributed by atoms with Crippen molar-refractivity contribution in [3.63, 3.8) is 0 Å². The third kappa shape index (κ3) is 1.18. The second-order valence-corrected chi connectivity index (χ2v) is 19.4. The van der Waals surface area contributed by atoms with Crippen LogP contribution in [0.5, 0.6) is 0 Å². The Morgan fingerprint density at radius 2 is 1.40 bits per heavy atom. The maximum atomic E-state index is 9.26. The van der Waals surface area contributed by atoms with Gasteiger partial charge in [0, 0.05) is 0 Å². The Morgan fingerprint density at radius 3 is 1.80 bits per heavy atom. The molecule has 0 radical (unpaired) electrons. The van der Waals surface area contributed by atoms with Crippen molar-refractivity contribution < 1.29 is 16.3 Å². The number of aliphatic hydroxyl groups excluding tert-OH is 2. The van der Waals surface area contributed by atoms with E-state index in [1.54, 1.807) is 0 Å². The van der Waals surface area contributed by atoms with E-state index >= 15 is 0 Å². The minimum atomic E-state index is -1.62. The van der Waals surface area contributed by atoms with Crippen molar-refractivity contribution >= 4 is 32.5 Å². The standard InChI is InChI=1S/C4H8I2O4/c7-3-1-9-6-4(8)2-10-5(3)6/h3-4,7-8H,1-2H2/t3-,4?/m1/s1. The van der Waals surface area contributed by atoms with Gasteiger partial charge in [0.15, 0.2) is 0 Å². The van der Waals surface area contributed by atoms with Gasteiger partial charge >= 0.3 is 70.3 Å². The number of halogens is 2. The Bertz CT molecular complexity index is 127. The number of aliphatic hydroxyl groups is 2. The number of hydrogen-bond donors (Lipinski definition) is 2. The van der Waals surface area contributed by atoms with Crippen LogP contribution in [-0.4, -0.2) is 31.6 Å². The number of alkyl halides is 2. The zero-order chi connectivity index (χ0) is 7.14. The molecule has 0 amide bonds. The summed E-state index contributed by atoms with van der Waals surface area (Å²) < 4.78 is 9.95. The van der Waals surface area contributed by atoms with Crippen molar-refractivity contribution in [2.24, 2.45) is 0 Å². The van der Waals surface area contributed by atoms with E-state index in [1.165, 1.54) is 0 Å². The molecule has 2 saturated heterocycles. The summed E-state index contributed by atoms with van der Waals surface area (Å²) in [6.07, 6.45) is 0. The second kappa shape index (κ2) is 2.98. The average Bonchev–Trinajstić information content (AvgIpc) is 2.41. The van der Waals surface area contributed by atoms with E-state index in [-0.39, 0.29) is 8.22 Å². The predicted octanol–water partition coefficient (Wildman–Crippen LogP) is 0.441. The normalized spacial score (nSPS) is 46.2. The molecule has 0 aromatic heterocycles. The minimum absolute atomic E-state index is 0.327. The first-order chi connectivity index (χ1) is 4.79. The maximum absolute atomic E-state index is 9.26. The van der Waals surface area contributed by atoms with Crippen molar-refractivity contribution in [2.75, 3.05) is 13.2 Å². The Morgan fingerprint density at radius 1 is 1.00 bits per heavy atom. The first-order valence-corrected chi connectivity index (χ1v) is 13.3. The Kier molecular flexibility index (Phi) is 2.36. The molecule has 0 saturated carbocycles. The molecule has 2 heterocycles. The van der Waals surface area contributed by atoms with Gasteiger partial charge < -0.3 is 0 Å². The van der Waals surface area contributed by atoms with E-state index in [0.29, 0.717) is 13.2 Å². The monoisotopic (exact) mass is 374 g/mol. The van der Waals surface area contributed by atoms with Gasteiger partial charge in [-0.15, -0.1) is 0 Å². The third-order valence-electron chi connectivity index (χ3n) is 1.14. The number of rotatable bonds is 0. The molecule has 0 spiro atoms. The van der Waals surface area contributed by atoms with Gasteiger partial charge in [0.25, 0.3) is 0 Å². The van der Waals surface area contributed by atoms with Crippen molar-refractivity contribution in [2.45, 2.75) is 8.22 Å². The zero-order valence-corrected chi connectivity index (χ0v) is 9.35. The number of fused-ring (bicyclic) bond motifs is 1. The predicted molar refractivity (Wildman–Crippen MR) is 52.0 cm³/mol. The summed E-state index contributed by atoms with van der Waals surface area (Å²) in [5.41, 5.74) is 0. The molecule has 0 bridgehead atoms. The molecule has 10 heavy (non-hydrogen) atoms. The molecule has 2 atom stereocenters. The quantitative estimate of drug-likeness (QED) is 0.478. The van der Waals surface area contributed by atoms with E-state index in [2.05, 4.69) is 0 Å². The average molecular weight is 374 g/mol. The Labute approximate surface area is 69.8 Å². The van der Waals surface area contributed by atoms with E-state index in [9.17, 15) is 10.2 Å². The van der Waals surface area contributed by atoms with Crippen LogP contribution in [0.3, 0.4) is 0 Å². The summed E-state index contributed by atoms with van der Waals surface area (Å²) in [6.45, 7) is 0.847. The molecule has 2 rings (SSSR count). The van der Waals surface area contributed by atoms with Gasteiger partial charge in [-0.1, -0.05) is 0 Å². The van der Waals surface area contributed by atoms with E-state index in [0.717, 1.165) is 0 Å². The Balaban J connectivity index is 2.09. The summed E-state index contributed by atoms with van der Waals surface area (Å²) in [7, 11) is 0. The molecule has 6 heteroatoms. The molecule has 2 aliphatic heterocycles. The molecule has 2 aliphatic rings. The van der Waals surface area contributed by atoms with Crippen LogP contribution >= 0.6 is 32.5 Å². The van der Waals surface area contributed by atoms with Crippen LogP contribution in [-0.2, 0) is 6.13 Å². The molecular formula is C4H8I2O4. The molecule has 4 nitrogen and oxygen atoms in total. The van der Waals surface area contributed by atoms with Gasteiger partial charge in [0.1, 0.15) is 0 Å². The molecule has 2 fully saturated rings. The zero-order valence-electron chi connectivity index (χ0n) is 5.04. The van der Waals surface area contributed by atoms with Crippen LogP contribution < -0.4 is 0 Å². The summed E-state index contributed by atoms with van der Waals surface area (Å²) in [5.74, 6) is 0. The molecule has 0 aromatic rings. The molecule has 2 N–H and O–H groups in total. The fraction of sp³-hybridized carbons (Fsp3) is 1.00. The molecule has 1 unspecified atom stereocenters. The van der Waals surface area contributed by atoms with Crippen LogP contribution in [0.15, 0.2) is 0 Å². The molecule has 0 aromatic carbocycles. The molecular weight excluding hydrogens is 366 g/mol. The van der Waals surface area contributed by atoms with Crippen molar-refractivity contribution in [1.82, 2.24) is 0 Å². The topological polar surface area (TPSA) is 58.9 Å². The van der Waals surface area contributed by atoms with Gasteiger partial charge in [0.2, 0.25) is 0 Å². The first-order valence-electron chi connectivity index (χ1n) is 2.80. The second-order valence-electron chi connectivity index (χ2n) is 1.88. The summed E-state index contributed by atoms with van der Waals surface area (Å²) in [5, 5.41) is 18.5.